The fourth-order valence-electron chi connectivity index (χ4n) is 3.94. The molecule has 0 bridgehead atoms. The van der Waals surface area contributed by atoms with Gasteiger partial charge in [-0.25, -0.2) is 0 Å². The zero-order valence-corrected chi connectivity index (χ0v) is 16.9. The van der Waals surface area contributed by atoms with Crippen LogP contribution in [0.2, 0.25) is 0 Å². The molecule has 154 valence electrons. The number of nitrogens with one attached hydrogen (secondary N) is 1. The van der Waals surface area contributed by atoms with Crippen molar-refractivity contribution >= 4 is 11.7 Å². The highest BCUT2D eigenvalue weighted by Crippen LogP contribution is 2.31. The third-order valence-corrected chi connectivity index (χ3v) is 5.65. The summed E-state index contributed by atoms with van der Waals surface area (Å²) < 4.78 is 11.0. The zero-order valence-electron chi connectivity index (χ0n) is 16.9. The molecular weight excluding hydrogens is 356 g/mol. The first-order valence-corrected chi connectivity index (χ1v) is 10.5. The maximum absolute atomic E-state index is 12.3. The molecule has 0 aromatic heterocycles. The smallest absolute Gasteiger partial charge is 0.220 e. The van der Waals surface area contributed by atoms with E-state index in [0.717, 1.165) is 13.0 Å². The Morgan fingerprint density at radius 2 is 1.82 bits per heavy atom. The molecule has 28 heavy (non-hydrogen) atoms. The molecule has 0 spiro atoms. The summed E-state index contributed by atoms with van der Waals surface area (Å²) in [6.45, 7) is 2.68. The molecule has 0 unspecified atom stereocenters. The minimum atomic E-state index is -0.0637. The summed E-state index contributed by atoms with van der Waals surface area (Å²) in [4.78, 5) is 26.8. The second-order valence-electron chi connectivity index (χ2n) is 7.76. The average molecular weight is 389 g/mol. The van der Waals surface area contributed by atoms with Crippen molar-refractivity contribution in [2.45, 2.75) is 57.4 Å². The number of carbonyl (C=O) groups is 2. The second-order valence-corrected chi connectivity index (χ2v) is 7.76. The number of carbonyl (C=O) groups excluding carboxylic acids is 2. The Labute approximate surface area is 167 Å². The van der Waals surface area contributed by atoms with Gasteiger partial charge in [-0.3, -0.25) is 9.59 Å². The van der Waals surface area contributed by atoms with Gasteiger partial charge in [0.1, 0.15) is 13.2 Å². The summed E-state index contributed by atoms with van der Waals surface area (Å²) in [6, 6.07) is 5.89. The quantitative estimate of drug-likeness (QED) is 0.520. The van der Waals surface area contributed by atoms with E-state index >= 15 is 0 Å². The molecule has 6 nitrogen and oxygen atoms in total. The highest BCUT2D eigenvalue weighted by molar-refractivity contribution is 5.98. The standard InChI is InChI=1S/C22H32N2O4/c1-24(18-6-3-2-4-7-18)13-5-12-23-22(26)11-9-19(25)17-8-10-20-21(16-17)28-15-14-27-20/h8,10,16,18H,2-7,9,11-15H2,1H3,(H,23,26). The van der Waals surface area contributed by atoms with Crippen LogP contribution in [0.15, 0.2) is 18.2 Å². The Morgan fingerprint density at radius 3 is 2.61 bits per heavy atom. The van der Waals surface area contributed by atoms with Crippen molar-refractivity contribution in [3.8, 4) is 11.5 Å². The van der Waals surface area contributed by atoms with Gasteiger partial charge in [-0.15, -0.1) is 0 Å². The van der Waals surface area contributed by atoms with Crippen LogP contribution in [0.3, 0.4) is 0 Å². The van der Waals surface area contributed by atoms with E-state index in [-0.39, 0.29) is 24.5 Å². The SMILES string of the molecule is CN(CCCNC(=O)CCC(=O)c1ccc2c(c1)OCCO2)C1CCCCC1. The number of ether oxygens (including phenoxy) is 2. The van der Waals surface area contributed by atoms with Crippen molar-refractivity contribution in [1.82, 2.24) is 10.2 Å². The fraction of sp³-hybridized carbons (Fsp3) is 0.636. The van der Waals surface area contributed by atoms with Gasteiger partial charge in [-0.2, -0.15) is 0 Å². The topological polar surface area (TPSA) is 67.9 Å². The van der Waals surface area contributed by atoms with E-state index in [0.29, 0.717) is 42.9 Å². The van der Waals surface area contributed by atoms with Crippen molar-refractivity contribution in [2.24, 2.45) is 0 Å². The molecule has 0 atom stereocenters. The molecule has 1 aromatic rings. The van der Waals surface area contributed by atoms with Gasteiger partial charge in [-0.1, -0.05) is 19.3 Å². The number of benzene rings is 1. The largest absolute Gasteiger partial charge is 0.486 e. The van der Waals surface area contributed by atoms with Gasteiger partial charge in [0.2, 0.25) is 5.91 Å². The van der Waals surface area contributed by atoms with Gasteiger partial charge >= 0.3 is 0 Å². The third kappa shape index (κ3) is 5.96. The summed E-state index contributed by atoms with van der Waals surface area (Å²) in [5, 5.41) is 2.94. The lowest BCUT2D eigenvalue weighted by Crippen LogP contribution is -2.35. The van der Waals surface area contributed by atoms with Crippen LogP contribution in [0.4, 0.5) is 0 Å². The van der Waals surface area contributed by atoms with E-state index in [9.17, 15) is 9.59 Å². The Balaban J connectivity index is 1.32. The Hall–Kier alpha value is -2.08. The molecular formula is C22H32N2O4. The van der Waals surface area contributed by atoms with Crippen molar-refractivity contribution in [2.75, 3.05) is 33.4 Å². The summed E-state index contributed by atoms with van der Waals surface area (Å²) in [5.41, 5.74) is 0.561. The highest BCUT2D eigenvalue weighted by atomic mass is 16.6. The lowest BCUT2D eigenvalue weighted by molar-refractivity contribution is -0.121. The number of amides is 1. The predicted octanol–water partition coefficient (Wildman–Crippen LogP) is 3.19. The number of ketones is 1. The lowest BCUT2D eigenvalue weighted by Gasteiger charge is -2.31. The van der Waals surface area contributed by atoms with Crippen LogP contribution in [0.5, 0.6) is 11.5 Å². The number of hydrogen-bond acceptors (Lipinski definition) is 5. The van der Waals surface area contributed by atoms with Gasteiger partial charge in [0.25, 0.3) is 0 Å². The Kier molecular flexibility index (Phi) is 7.71. The van der Waals surface area contributed by atoms with Crippen molar-refractivity contribution in [3.05, 3.63) is 23.8 Å². The van der Waals surface area contributed by atoms with Crippen LogP contribution in [0.1, 0.15) is 61.7 Å². The van der Waals surface area contributed by atoms with Crippen LogP contribution in [-0.4, -0.2) is 56.0 Å². The monoisotopic (exact) mass is 388 g/mol. The first-order chi connectivity index (χ1) is 13.6. The molecule has 6 heteroatoms. The summed E-state index contributed by atoms with van der Waals surface area (Å²) in [7, 11) is 2.18. The van der Waals surface area contributed by atoms with E-state index in [1.54, 1.807) is 18.2 Å². The average Bonchev–Trinajstić information content (AvgIpc) is 2.75. The van der Waals surface area contributed by atoms with Crippen molar-refractivity contribution in [3.63, 3.8) is 0 Å². The summed E-state index contributed by atoms with van der Waals surface area (Å²) >= 11 is 0. The molecule has 1 aromatic carbocycles. The number of fused-ring (bicyclic) bond motifs is 1. The maximum Gasteiger partial charge on any atom is 0.220 e. The third-order valence-electron chi connectivity index (χ3n) is 5.65. The van der Waals surface area contributed by atoms with Gasteiger partial charge in [0.15, 0.2) is 17.3 Å². The molecule has 1 saturated carbocycles. The molecule has 1 heterocycles. The maximum atomic E-state index is 12.3. The molecule has 0 saturated heterocycles. The van der Waals surface area contributed by atoms with E-state index in [4.69, 9.17) is 9.47 Å². The predicted molar refractivity (Wildman–Crippen MR) is 108 cm³/mol. The fourth-order valence-corrected chi connectivity index (χ4v) is 3.94. The highest BCUT2D eigenvalue weighted by Gasteiger charge is 2.18. The molecule has 1 amide bonds. The normalized spacial score (nSPS) is 16.8. The van der Waals surface area contributed by atoms with Crippen LogP contribution < -0.4 is 14.8 Å². The summed E-state index contributed by atoms with van der Waals surface area (Å²) in [6.07, 6.45) is 7.99. The lowest BCUT2D eigenvalue weighted by atomic mass is 9.94. The van der Waals surface area contributed by atoms with E-state index in [1.807, 2.05) is 0 Å². The Morgan fingerprint density at radius 1 is 1.07 bits per heavy atom. The second kappa shape index (κ2) is 10.5. The molecule has 2 aliphatic rings. The first kappa shape index (κ1) is 20.6. The minimum Gasteiger partial charge on any atom is -0.486 e. The van der Waals surface area contributed by atoms with Crippen molar-refractivity contribution in [1.29, 1.82) is 0 Å². The van der Waals surface area contributed by atoms with Crippen molar-refractivity contribution < 1.29 is 19.1 Å². The molecule has 0 radical (unpaired) electrons. The van der Waals surface area contributed by atoms with E-state index in [2.05, 4.69) is 17.3 Å². The molecule has 1 aliphatic heterocycles. The Bertz CT molecular complexity index is 671. The molecule has 1 fully saturated rings. The van der Waals surface area contributed by atoms with E-state index in [1.165, 1.54) is 32.1 Å². The van der Waals surface area contributed by atoms with Crippen LogP contribution in [0, 0.1) is 0 Å². The molecule has 1 aliphatic carbocycles. The molecule has 3 rings (SSSR count). The van der Waals surface area contributed by atoms with Gasteiger partial charge in [-0.05, 0) is 51.1 Å². The van der Waals surface area contributed by atoms with Crippen LogP contribution in [0.25, 0.3) is 0 Å². The number of hydrogen-bond donors (Lipinski definition) is 1. The van der Waals surface area contributed by atoms with Crippen LogP contribution in [-0.2, 0) is 4.79 Å². The first-order valence-electron chi connectivity index (χ1n) is 10.5. The van der Waals surface area contributed by atoms with Gasteiger partial charge in [0, 0.05) is 31.0 Å². The number of Topliss-reactive ketones (excluding diaryl/α,β-unsaturated/α-hetero) is 1. The van der Waals surface area contributed by atoms with Crippen LogP contribution >= 0.6 is 0 Å². The van der Waals surface area contributed by atoms with E-state index < -0.39 is 0 Å². The van der Waals surface area contributed by atoms with Gasteiger partial charge < -0.3 is 19.7 Å². The minimum absolute atomic E-state index is 0.0517. The summed E-state index contributed by atoms with van der Waals surface area (Å²) in [5.74, 6) is 1.15. The van der Waals surface area contributed by atoms with Gasteiger partial charge in [0.05, 0.1) is 0 Å². The number of rotatable bonds is 9. The molecule has 1 N–H and O–H groups in total. The number of nitrogens with zero attached hydrogens (tertiary/aromatic N) is 1. The zero-order chi connectivity index (χ0) is 19.8.